The van der Waals surface area contributed by atoms with Crippen molar-refractivity contribution in [1.82, 2.24) is 15.5 Å². The molecule has 0 bridgehead atoms. The summed E-state index contributed by atoms with van der Waals surface area (Å²) in [4.78, 5) is 57.4. The van der Waals surface area contributed by atoms with Gasteiger partial charge in [0, 0.05) is 32.0 Å². The van der Waals surface area contributed by atoms with E-state index in [0.29, 0.717) is 37.7 Å². The highest BCUT2D eigenvalue weighted by Crippen LogP contribution is 2.46. The number of nitrogens with zero attached hydrogens (tertiary/aromatic N) is 1. The van der Waals surface area contributed by atoms with Crippen molar-refractivity contribution in [2.75, 3.05) is 13.7 Å². The van der Waals surface area contributed by atoms with Crippen molar-refractivity contribution in [2.24, 2.45) is 11.8 Å². The second-order valence-electron chi connectivity index (χ2n) is 20.2. The van der Waals surface area contributed by atoms with Crippen LogP contribution in [0, 0.1) is 11.8 Å². The summed E-state index contributed by atoms with van der Waals surface area (Å²) in [6, 6.07) is -2.34. The van der Waals surface area contributed by atoms with Crippen molar-refractivity contribution in [1.29, 1.82) is 0 Å². The van der Waals surface area contributed by atoms with Gasteiger partial charge in [0.1, 0.15) is 18.3 Å². The van der Waals surface area contributed by atoms with E-state index < -0.39 is 82.1 Å². The number of aliphatic carboxylic acids is 1. The number of ether oxygens (including phenoxy) is 2. The Morgan fingerprint density at radius 2 is 1.58 bits per heavy atom. The molecule has 0 aromatic rings. The van der Waals surface area contributed by atoms with Crippen molar-refractivity contribution in [3.8, 4) is 0 Å². The zero-order valence-corrected chi connectivity index (χ0v) is 39.6. The van der Waals surface area contributed by atoms with Crippen LogP contribution in [-0.4, -0.2) is 117 Å². The van der Waals surface area contributed by atoms with Crippen LogP contribution >= 0.6 is 0 Å². The average Bonchev–Trinajstić information content (AvgIpc) is 3.10. The number of rotatable bonds is 16. The van der Waals surface area contributed by atoms with E-state index in [0.717, 1.165) is 12.8 Å². The molecule has 10 atom stereocenters. The maximum Gasteiger partial charge on any atom is 0.326 e. The maximum atomic E-state index is 14.8. The third-order valence-corrected chi connectivity index (χ3v) is 22.5. The molecule has 3 fully saturated rings. The van der Waals surface area contributed by atoms with E-state index in [4.69, 9.17) is 18.3 Å². The molecule has 0 spiro atoms. The second-order valence-corrected chi connectivity index (χ2v) is 29.7. The van der Waals surface area contributed by atoms with Crippen LogP contribution in [0.4, 0.5) is 0 Å². The summed E-state index contributed by atoms with van der Waals surface area (Å²) in [6.07, 6.45) is 2.83. The summed E-state index contributed by atoms with van der Waals surface area (Å²) >= 11 is 0. The van der Waals surface area contributed by atoms with Crippen LogP contribution in [-0.2, 0) is 37.5 Å². The molecule has 0 aromatic heterocycles. The molecule has 13 nitrogen and oxygen atoms in total. The van der Waals surface area contributed by atoms with Gasteiger partial charge in [0.05, 0.1) is 18.3 Å². The monoisotopic (exact) mass is 840 g/mol. The smallest absolute Gasteiger partial charge is 0.326 e. The Morgan fingerprint density at radius 1 is 0.965 bits per heavy atom. The number of carbonyl (C=O) groups excluding carboxylic acids is 3. The lowest BCUT2D eigenvalue weighted by Gasteiger charge is -2.50. The van der Waals surface area contributed by atoms with Crippen molar-refractivity contribution < 1.29 is 47.7 Å². The number of carbonyl (C=O) groups is 4. The minimum Gasteiger partial charge on any atom is -0.480 e. The van der Waals surface area contributed by atoms with E-state index in [1.807, 2.05) is 40.8 Å². The topological polar surface area (TPSA) is 173 Å². The number of hydrogen-bond acceptors (Lipinski definition) is 10. The first-order valence-corrected chi connectivity index (χ1v) is 27.0. The number of aliphatic hydroxyl groups is 1. The van der Waals surface area contributed by atoms with E-state index in [1.165, 1.54) is 4.90 Å². The number of ketones is 1. The van der Waals surface area contributed by atoms with Gasteiger partial charge in [0.25, 0.3) is 11.7 Å². The molecule has 15 heteroatoms. The lowest BCUT2D eigenvalue weighted by Crippen LogP contribution is -2.66. The number of Topliss-reactive ketones (excluding diaryl/α,β-unsaturated/α-hetero) is 1. The number of carboxylic acid groups (broad SMARTS) is 1. The number of carboxylic acids is 1. The molecule has 3 heterocycles. The second kappa shape index (κ2) is 19.2. The minimum atomic E-state index is -2.75. The Kier molecular flexibility index (Phi) is 16.6. The fourth-order valence-electron chi connectivity index (χ4n) is 7.68. The van der Waals surface area contributed by atoms with Crippen molar-refractivity contribution in [3.63, 3.8) is 0 Å². The van der Waals surface area contributed by atoms with Gasteiger partial charge in [-0.2, -0.15) is 0 Å². The first-order chi connectivity index (χ1) is 26.1. The molecule has 0 aromatic carbocycles. The zero-order chi connectivity index (χ0) is 43.5. The summed E-state index contributed by atoms with van der Waals surface area (Å²) in [5.41, 5.74) is 0.571. The number of hydrogen-bond donors (Lipinski definition) is 4. The van der Waals surface area contributed by atoms with E-state index in [9.17, 15) is 29.4 Å². The molecule has 4 N–H and O–H groups in total. The van der Waals surface area contributed by atoms with Crippen LogP contribution in [0.25, 0.3) is 0 Å². The summed E-state index contributed by atoms with van der Waals surface area (Å²) in [5, 5.41) is 27.1. The first-order valence-electron chi connectivity index (χ1n) is 21.1. The fourth-order valence-corrected chi connectivity index (χ4v) is 10.4. The minimum absolute atomic E-state index is 0.0372. The number of aliphatic hydroxyl groups excluding tert-OH is 1. The van der Waals surface area contributed by atoms with Crippen LogP contribution in [0.5, 0.6) is 0 Å². The SMILES string of the molecule is C=C(C)[C@@H](O)C[C@@H]1CC[C@@H](C)C(O[Si](C)(C)C(C)(C)C)(C(=O)C(=O)N2CCCC[C@H]2C(=O)N[C@@H](C(=O)O)[C@H](C)C[C@@H]2CCC(O[Si](C)(C)C(C)(C)C)[C@H](OC)N2)O1. The Balaban J connectivity index is 1.83. The molecule has 3 saturated heterocycles. The van der Waals surface area contributed by atoms with Gasteiger partial charge < -0.3 is 38.8 Å². The molecule has 57 heavy (non-hydrogen) atoms. The fraction of sp³-hybridized carbons (Fsp3) is 0.857. The van der Waals surface area contributed by atoms with Crippen LogP contribution in [0.2, 0.25) is 36.3 Å². The van der Waals surface area contributed by atoms with Crippen LogP contribution in [0.1, 0.15) is 120 Å². The summed E-state index contributed by atoms with van der Waals surface area (Å²) in [6.45, 7) is 30.5. The third-order valence-electron chi connectivity index (χ3n) is 13.6. The van der Waals surface area contributed by atoms with Gasteiger partial charge in [-0.25, -0.2) is 4.79 Å². The molecule has 328 valence electrons. The van der Waals surface area contributed by atoms with Crippen LogP contribution < -0.4 is 10.6 Å². The number of nitrogens with one attached hydrogen (secondary N) is 2. The summed E-state index contributed by atoms with van der Waals surface area (Å²) in [5.74, 6) is -6.42. The standard InChI is InChI=1S/C42H77N3O10Si2/c1-26(2)32(46)25-30-21-19-28(4)42(53-30,55-57(14,15)41(8,9)10)35(47)38(49)45-23-17-16-18-31(45)36(48)44-34(39(50)51)27(3)24-29-20-22-33(37(43-29)52-11)54-56(12,13)40(5,6)7/h27-34,37,43,46H,1,16-25H2,2-15H3,(H,44,48)(H,50,51)/t27-,28-,29+,30+,31+,32+,33?,34-,37+,42?/m1/s1. The number of piperidine rings is 2. The Bertz CT molecular complexity index is 1450. The van der Waals surface area contributed by atoms with Crippen molar-refractivity contribution in [3.05, 3.63) is 12.2 Å². The van der Waals surface area contributed by atoms with Gasteiger partial charge in [-0.1, -0.05) is 67.5 Å². The van der Waals surface area contributed by atoms with Gasteiger partial charge in [0.15, 0.2) is 16.6 Å². The van der Waals surface area contributed by atoms with E-state index >= 15 is 0 Å². The molecular formula is C42H77N3O10Si2. The third kappa shape index (κ3) is 11.9. The number of amides is 2. The average molecular weight is 840 g/mol. The lowest BCUT2D eigenvalue weighted by atomic mass is 9.85. The molecule has 0 radical (unpaired) electrons. The number of likely N-dealkylation sites (tertiary alicyclic amines) is 1. The molecule has 0 saturated carbocycles. The van der Waals surface area contributed by atoms with Crippen molar-refractivity contribution in [2.45, 2.75) is 205 Å². The largest absolute Gasteiger partial charge is 0.480 e. The zero-order valence-electron chi connectivity index (χ0n) is 37.6. The molecule has 2 amide bonds. The summed E-state index contributed by atoms with van der Waals surface area (Å²) < 4.78 is 25.9. The maximum absolute atomic E-state index is 14.8. The highest BCUT2D eigenvalue weighted by molar-refractivity contribution is 6.74. The van der Waals surface area contributed by atoms with E-state index in [1.54, 1.807) is 21.0 Å². The lowest BCUT2D eigenvalue weighted by molar-refractivity contribution is -0.257. The van der Waals surface area contributed by atoms with Gasteiger partial charge in [0.2, 0.25) is 11.7 Å². The molecule has 3 rings (SSSR count). The quantitative estimate of drug-likeness (QED) is 0.0759. The predicted molar refractivity (Wildman–Crippen MR) is 226 cm³/mol. The van der Waals surface area contributed by atoms with Crippen molar-refractivity contribution >= 4 is 40.2 Å². The summed E-state index contributed by atoms with van der Waals surface area (Å²) in [7, 11) is -3.17. The van der Waals surface area contributed by atoms with Crippen LogP contribution in [0.3, 0.4) is 0 Å². The predicted octanol–water partition coefficient (Wildman–Crippen LogP) is 6.51. The Morgan fingerprint density at radius 3 is 2.12 bits per heavy atom. The van der Waals surface area contributed by atoms with Gasteiger partial charge in [-0.05, 0) is 100 Å². The van der Waals surface area contributed by atoms with E-state index in [2.05, 4.69) is 51.1 Å². The Hall–Kier alpha value is -1.99. The highest BCUT2D eigenvalue weighted by Gasteiger charge is 2.58. The first kappa shape index (κ1) is 49.4. The van der Waals surface area contributed by atoms with Gasteiger partial charge >= 0.3 is 5.97 Å². The molecule has 3 aliphatic rings. The molecular weight excluding hydrogens is 763 g/mol. The van der Waals surface area contributed by atoms with Crippen LogP contribution in [0.15, 0.2) is 12.2 Å². The molecule has 3 aliphatic heterocycles. The normalized spacial score (nSPS) is 29.6. The molecule has 0 aliphatic carbocycles. The van der Waals surface area contributed by atoms with Gasteiger partial charge in [-0.3, -0.25) is 19.7 Å². The Labute approximate surface area is 345 Å². The molecule has 2 unspecified atom stereocenters. The number of methoxy groups -OCH3 is 1. The highest BCUT2D eigenvalue weighted by atomic mass is 28.4. The van der Waals surface area contributed by atoms with Gasteiger partial charge in [-0.15, -0.1) is 0 Å². The van der Waals surface area contributed by atoms with E-state index in [-0.39, 0.29) is 47.8 Å².